The van der Waals surface area contributed by atoms with E-state index in [9.17, 15) is 10.1 Å². The largest absolute Gasteiger partial charge is 0.330 e. The van der Waals surface area contributed by atoms with Crippen LogP contribution in [0.2, 0.25) is 5.15 Å². The van der Waals surface area contributed by atoms with Gasteiger partial charge in [-0.15, -0.1) is 0 Å². The van der Waals surface area contributed by atoms with Crippen LogP contribution in [-0.2, 0) is 7.05 Å². The molecule has 0 fully saturated rings. The maximum absolute atomic E-state index is 13.3. The van der Waals surface area contributed by atoms with Gasteiger partial charge in [-0.05, 0) is 31.2 Å². The van der Waals surface area contributed by atoms with Crippen LogP contribution in [0.3, 0.4) is 0 Å². The number of hydrogen-bond acceptors (Lipinski definition) is 4. The molecule has 1 atom stereocenters. The Balaban J connectivity index is 1.81. The third-order valence-electron chi connectivity index (χ3n) is 4.72. The van der Waals surface area contributed by atoms with Gasteiger partial charge in [-0.1, -0.05) is 41.9 Å². The fraction of sp³-hybridized carbons (Fsp3) is 0.143. The zero-order valence-corrected chi connectivity index (χ0v) is 16.1. The molecule has 4 aromatic rings. The van der Waals surface area contributed by atoms with Gasteiger partial charge in [0, 0.05) is 7.05 Å². The van der Waals surface area contributed by atoms with E-state index >= 15 is 0 Å². The van der Waals surface area contributed by atoms with Gasteiger partial charge in [0.1, 0.15) is 11.0 Å². The van der Waals surface area contributed by atoms with Gasteiger partial charge in [-0.2, -0.15) is 10.4 Å². The molecular weight excluding hydrogens is 374 g/mol. The number of carbonyl (C=O) groups excluding carboxylic acids is 1. The van der Waals surface area contributed by atoms with Crippen LogP contribution in [0.25, 0.3) is 16.7 Å². The summed E-state index contributed by atoms with van der Waals surface area (Å²) >= 11 is 6.51. The smallest absolute Gasteiger partial charge is 0.192 e. The van der Waals surface area contributed by atoms with Gasteiger partial charge in [0.15, 0.2) is 11.7 Å². The zero-order chi connectivity index (χ0) is 19.8. The van der Waals surface area contributed by atoms with Crippen molar-refractivity contribution >= 4 is 28.4 Å². The summed E-state index contributed by atoms with van der Waals surface area (Å²) < 4.78 is 3.28. The Bertz CT molecular complexity index is 1230. The maximum Gasteiger partial charge on any atom is 0.192 e. The number of benzene rings is 2. The lowest BCUT2D eigenvalue weighted by Gasteiger charge is -2.09. The van der Waals surface area contributed by atoms with Crippen molar-refractivity contribution < 1.29 is 4.79 Å². The van der Waals surface area contributed by atoms with E-state index in [1.807, 2.05) is 54.6 Å². The second-order valence-electron chi connectivity index (χ2n) is 6.44. The molecule has 0 N–H and O–H groups in total. The minimum Gasteiger partial charge on any atom is -0.330 e. The molecule has 0 saturated heterocycles. The number of nitrogens with zero attached hydrogens (tertiary/aromatic N) is 5. The van der Waals surface area contributed by atoms with Crippen LogP contribution in [0.4, 0.5) is 0 Å². The predicted molar refractivity (Wildman–Crippen MR) is 107 cm³/mol. The number of rotatable bonds is 4. The molecule has 6 nitrogen and oxygen atoms in total. The normalized spacial score (nSPS) is 12.1. The monoisotopic (exact) mass is 389 g/mol. The summed E-state index contributed by atoms with van der Waals surface area (Å²) in [6.07, 6.45) is 0. The van der Waals surface area contributed by atoms with Crippen molar-refractivity contribution in [3.63, 3.8) is 0 Å². The topological polar surface area (TPSA) is 76.5 Å². The molecule has 0 bridgehead atoms. The summed E-state index contributed by atoms with van der Waals surface area (Å²) in [6.45, 7) is 1.71. The number of nitriles is 1. The Kier molecular flexibility index (Phi) is 4.46. The van der Waals surface area contributed by atoms with E-state index < -0.39 is 11.7 Å². The number of ketones is 1. The molecule has 2 aromatic carbocycles. The highest BCUT2D eigenvalue weighted by atomic mass is 35.5. The van der Waals surface area contributed by atoms with Crippen LogP contribution in [0.1, 0.15) is 27.8 Å². The number of Topliss-reactive ketones (excluding diaryl/α,β-unsaturated/α-hetero) is 1. The third-order valence-corrected chi connectivity index (χ3v) is 5.07. The molecule has 2 heterocycles. The van der Waals surface area contributed by atoms with E-state index in [-0.39, 0.29) is 10.7 Å². The lowest BCUT2D eigenvalue weighted by atomic mass is 9.98. The highest BCUT2D eigenvalue weighted by Crippen LogP contribution is 2.30. The lowest BCUT2D eigenvalue weighted by molar-refractivity contribution is 0.0975. The maximum atomic E-state index is 13.3. The molecule has 7 heteroatoms. The summed E-state index contributed by atoms with van der Waals surface area (Å²) in [6, 6.07) is 18.9. The number of fused-ring (bicyclic) bond motifs is 1. The minimum absolute atomic E-state index is 0.188. The minimum atomic E-state index is -1.08. The number of hydrogen-bond donors (Lipinski definition) is 0. The predicted octanol–water partition coefficient (Wildman–Crippen LogP) is 4.21. The Morgan fingerprint density at radius 1 is 1.14 bits per heavy atom. The van der Waals surface area contributed by atoms with E-state index in [0.29, 0.717) is 11.5 Å². The van der Waals surface area contributed by atoms with Crippen molar-refractivity contribution in [3.05, 3.63) is 76.8 Å². The van der Waals surface area contributed by atoms with Crippen molar-refractivity contribution in [2.45, 2.75) is 12.8 Å². The number of imidazole rings is 1. The number of carbonyl (C=O) groups is 1. The molecule has 138 valence electrons. The standard InChI is InChI=1S/C21H16ClN5O/c1-13-18(20(22)27(25-13)14-8-4-3-5-9-14)19(28)15(12-23)21-24-16-10-6-7-11-17(16)26(21)2/h3-11,15H,1-2H3. The van der Waals surface area contributed by atoms with E-state index in [4.69, 9.17) is 11.6 Å². The molecule has 0 saturated carbocycles. The highest BCUT2D eigenvalue weighted by Gasteiger charge is 2.32. The molecule has 0 aliphatic carbocycles. The fourth-order valence-corrected chi connectivity index (χ4v) is 3.68. The van der Waals surface area contributed by atoms with E-state index in [2.05, 4.69) is 16.2 Å². The first-order valence-electron chi connectivity index (χ1n) is 8.68. The van der Waals surface area contributed by atoms with Crippen molar-refractivity contribution in [1.82, 2.24) is 19.3 Å². The average Bonchev–Trinajstić information content (AvgIpc) is 3.20. The van der Waals surface area contributed by atoms with Crippen molar-refractivity contribution in [1.29, 1.82) is 5.26 Å². The number of aromatic nitrogens is 4. The molecule has 1 unspecified atom stereocenters. The molecule has 0 aliphatic rings. The second-order valence-corrected chi connectivity index (χ2v) is 6.80. The lowest BCUT2D eigenvalue weighted by Crippen LogP contribution is -2.16. The molecule has 0 aliphatic heterocycles. The first-order chi connectivity index (χ1) is 13.5. The Morgan fingerprint density at radius 3 is 2.50 bits per heavy atom. The molecular formula is C21H16ClN5O. The molecule has 2 aromatic heterocycles. The Morgan fingerprint density at radius 2 is 1.82 bits per heavy atom. The van der Waals surface area contributed by atoms with E-state index in [1.165, 1.54) is 4.68 Å². The van der Waals surface area contributed by atoms with Crippen LogP contribution < -0.4 is 0 Å². The Labute approximate surface area is 166 Å². The van der Waals surface area contributed by atoms with Crippen LogP contribution >= 0.6 is 11.6 Å². The zero-order valence-electron chi connectivity index (χ0n) is 15.3. The molecule has 4 rings (SSSR count). The summed E-state index contributed by atoms with van der Waals surface area (Å²) in [5.41, 5.74) is 3.04. The SMILES string of the molecule is Cc1nn(-c2ccccc2)c(Cl)c1C(=O)C(C#N)c1nc2ccccc2n1C. The van der Waals surface area contributed by atoms with Crippen LogP contribution in [-0.4, -0.2) is 25.1 Å². The average molecular weight is 390 g/mol. The number of halogens is 1. The van der Waals surface area contributed by atoms with Gasteiger partial charge >= 0.3 is 0 Å². The number of para-hydroxylation sites is 3. The quantitative estimate of drug-likeness (QED) is 0.490. The highest BCUT2D eigenvalue weighted by molar-refractivity contribution is 6.33. The number of aryl methyl sites for hydroxylation is 2. The molecule has 0 spiro atoms. The first kappa shape index (κ1) is 18.0. The molecule has 28 heavy (non-hydrogen) atoms. The van der Waals surface area contributed by atoms with Crippen molar-refractivity contribution in [2.24, 2.45) is 7.05 Å². The fourth-order valence-electron chi connectivity index (χ4n) is 3.32. The first-order valence-corrected chi connectivity index (χ1v) is 9.06. The van der Waals surface area contributed by atoms with E-state index in [1.54, 1.807) is 18.5 Å². The van der Waals surface area contributed by atoms with Gasteiger partial charge in [0.05, 0.1) is 34.0 Å². The van der Waals surface area contributed by atoms with Crippen LogP contribution in [0.5, 0.6) is 0 Å². The van der Waals surface area contributed by atoms with Gasteiger partial charge in [0.2, 0.25) is 0 Å². The summed E-state index contributed by atoms with van der Waals surface area (Å²) in [7, 11) is 1.80. The van der Waals surface area contributed by atoms with Gasteiger partial charge in [0.25, 0.3) is 0 Å². The Hall–Kier alpha value is -3.43. The second kappa shape index (κ2) is 6.95. The third kappa shape index (κ3) is 2.77. The van der Waals surface area contributed by atoms with Gasteiger partial charge < -0.3 is 4.57 Å². The summed E-state index contributed by atoms with van der Waals surface area (Å²) in [5, 5.41) is 14.4. The van der Waals surface area contributed by atoms with Crippen molar-refractivity contribution in [3.8, 4) is 11.8 Å². The summed E-state index contributed by atoms with van der Waals surface area (Å²) in [4.78, 5) is 17.8. The molecule has 0 amide bonds. The van der Waals surface area contributed by atoms with Gasteiger partial charge in [-0.3, -0.25) is 4.79 Å². The van der Waals surface area contributed by atoms with E-state index in [0.717, 1.165) is 16.7 Å². The van der Waals surface area contributed by atoms with Crippen LogP contribution in [0, 0.1) is 18.3 Å². The van der Waals surface area contributed by atoms with Crippen LogP contribution in [0.15, 0.2) is 54.6 Å². The summed E-state index contributed by atoms with van der Waals surface area (Å²) in [5.74, 6) is -1.11. The van der Waals surface area contributed by atoms with Crippen molar-refractivity contribution in [2.75, 3.05) is 0 Å². The molecule has 0 radical (unpaired) electrons. The van der Waals surface area contributed by atoms with Gasteiger partial charge in [-0.25, -0.2) is 9.67 Å².